The third-order valence-corrected chi connectivity index (χ3v) is 4.88. The van der Waals surface area contributed by atoms with Crippen LogP contribution in [0.15, 0.2) is 5.38 Å². The van der Waals surface area contributed by atoms with E-state index in [0.717, 1.165) is 5.69 Å². The van der Waals surface area contributed by atoms with Gasteiger partial charge in [-0.25, -0.2) is 4.98 Å². The van der Waals surface area contributed by atoms with Gasteiger partial charge in [-0.1, -0.05) is 44.0 Å². The van der Waals surface area contributed by atoms with Crippen molar-refractivity contribution in [3.63, 3.8) is 0 Å². The van der Waals surface area contributed by atoms with E-state index in [0.29, 0.717) is 26.6 Å². The highest BCUT2D eigenvalue weighted by Crippen LogP contribution is 2.36. The molecule has 2 rings (SSSR count). The fourth-order valence-corrected chi connectivity index (χ4v) is 3.25. The van der Waals surface area contributed by atoms with Crippen molar-refractivity contribution in [2.45, 2.75) is 40.0 Å². The molecule has 0 saturated heterocycles. The molecule has 0 unspecified atom stereocenters. The molecule has 0 spiro atoms. The number of anilines is 1. The number of carbonyl (C=O) groups excluding carboxylic acids is 1. The summed E-state index contributed by atoms with van der Waals surface area (Å²) < 4.78 is 5.50. The molecule has 2 aromatic heterocycles. The van der Waals surface area contributed by atoms with Crippen LogP contribution in [0.3, 0.4) is 0 Å². The number of ether oxygens (including phenoxy) is 1. The molecule has 8 heteroatoms. The lowest BCUT2D eigenvalue weighted by Crippen LogP contribution is -2.21. The van der Waals surface area contributed by atoms with Crippen LogP contribution in [0.2, 0.25) is 10.0 Å². The first-order valence-corrected chi connectivity index (χ1v) is 8.94. The monoisotopic (exact) mass is 387 g/mol. The summed E-state index contributed by atoms with van der Waals surface area (Å²) in [5, 5.41) is 5.80. The highest BCUT2D eigenvalue weighted by atomic mass is 35.5. The Hall–Kier alpha value is -1.37. The van der Waals surface area contributed by atoms with Crippen molar-refractivity contribution in [1.29, 1.82) is 0 Å². The molecular formula is C16H19Cl2N3O2S. The fraction of sp³-hybridized carbons (Fsp3) is 0.438. The maximum atomic E-state index is 12.1. The summed E-state index contributed by atoms with van der Waals surface area (Å²) in [5.41, 5.74) is 2.06. The molecule has 0 aliphatic heterocycles. The number of nitrogens with zero attached hydrogens (tertiary/aromatic N) is 2. The second-order valence-electron chi connectivity index (χ2n) is 6.36. The van der Waals surface area contributed by atoms with Gasteiger partial charge in [-0.15, -0.1) is 11.3 Å². The molecule has 0 saturated carbocycles. The highest BCUT2D eigenvalue weighted by Gasteiger charge is 2.19. The van der Waals surface area contributed by atoms with Crippen molar-refractivity contribution in [3.05, 3.63) is 32.5 Å². The summed E-state index contributed by atoms with van der Waals surface area (Å²) in [6.45, 7) is 9.48. The summed E-state index contributed by atoms with van der Waals surface area (Å²) >= 11 is 13.7. The molecule has 2 aromatic rings. The standard InChI is InChI=1S/C16H19Cl2N3O2S/c1-8-12(17)14(13(18)9(2)19-8)23-6-11(22)21-15-20-10(7-24-15)16(3,4)5/h7H,6H2,1-5H3,(H,20,21,22). The Morgan fingerprint density at radius 3 is 2.29 bits per heavy atom. The van der Waals surface area contributed by atoms with E-state index in [1.54, 1.807) is 13.8 Å². The molecule has 0 bridgehead atoms. The lowest BCUT2D eigenvalue weighted by atomic mass is 9.93. The minimum atomic E-state index is -0.330. The number of hydrogen-bond donors (Lipinski definition) is 1. The second-order valence-corrected chi connectivity index (χ2v) is 7.98. The minimum Gasteiger partial charge on any atom is -0.480 e. The van der Waals surface area contributed by atoms with Gasteiger partial charge in [0.1, 0.15) is 10.0 Å². The topological polar surface area (TPSA) is 64.1 Å². The molecule has 24 heavy (non-hydrogen) atoms. The van der Waals surface area contributed by atoms with Gasteiger partial charge < -0.3 is 4.74 Å². The van der Waals surface area contributed by atoms with E-state index in [2.05, 4.69) is 36.1 Å². The van der Waals surface area contributed by atoms with Crippen LogP contribution in [-0.2, 0) is 10.2 Å². The third-order valence-electron chi connectivity index (χ3n) is 3.24. The average molecular weight is 388 g/mol. The number of thiazole rings is 1. The summed E-state index contributed by atoms with van der Waals surface area (Å²) in [6, 6.07) is 0. The Morgan fingerprint density at radius 1 is 1.21 bits per heavy atom. The normalized spacial score (nSPS) is 11.5. The summed E-state index contributed by atoms with van der Waals surface area (Å²) in [5.74, 6) is -0.0583. The smallest absolute Gasteiger partial charge is 0.264 e. The van der Waals surface area contributed by atoms with Gasteiger partial charge >= 0.3 is 0 Å². The fourth-order valence-electron chi connectivity index (χ4n) is 1.87. The van der Waals surface area contributed by atoms with Gasteiger partial charge in [-0.3, -0.25) is 15.1 Å². The number of rotatable bonds is 4. The van der Waals surface area contributed by atoms with Crippen molar-refractivity contribution >= 4 is 45.6 Å². The molecule has 0 aromatic carbocycles. The van der Waals surface area contributed by atoms with Crippen LogP contribution < -0.4 is 10.1 Å². The summed E-state index contributed by atoms with van der Waals surface area (Å²) in [4.78, 5) is 20.7. The Balaban J connectivity index is 2.03. The third kappa shape index (κ3) is 4.37. The lowest BCUT2D eigenvalue weighted by molar-refractivity contribution is -0.118. The van der Waals surface area contributed by atoms with E-state index < -0.39 is 0 Å². The second kappa shape index (κ2) is 7.25. The van der Waals surface area contributed by atoms with Crippen LogP contribution in [0.25, 0.3) is 0 Å². The van der Waals surface area contributed by atoms with E-state index in [1.807, 2.05) is 5.38 Å². The molecule has 1 N–H and O–H groups in total. The van der Waals surface area contributed by atoms with E-state index in [1.165, 1.54) is 11.3 Å². The van der Waals surface area contributed by atoms with Crippen molar-refractivity contribution < 1.29 is 9.53 Å². The van der Waals surface area contributed by atoms with Crippen molar-refractivity contribution in [2.75, 3.05) is 11.9 Å². The summed E-state index contributed by atoms with van der Waals surface area (Å²) in [7, 11) is 0. The Bertz CT molecular complexity index is 743. The Labute approximate surface area is 155 Å². The van der Waals surface area contributed by atoms with E-state index >= 15 is 0 Å². The van der Waals surface area contributed by atoms with Gasteiger partial charge in [-0.05, 0) is 13.8 Å². The van der Waals surface area contributed by atoms with Crippen molar-refractivity contribution in [2.24, 2.45) is 0 Å². The Kier molecular flexibility index (Phi) is 5.73. The predicted molar refractivity (Wildman–Crippen MR) is 98.7 cm³/mol. The van der Waals surface area contributed by atoms with Crippen molar-refractivity contribution in [1.82, 2.24) is 9.97 Å². The van der Waals surface area contributed by atoms with Crippen molar-refractivity contribution in [3.8, 4) is 5.75 Å². The number of hydrogen-bond acceptors (Lipinski definition) is 5. The van der Waals surface area contributed by atoms with Crippen LogP contribution in [0, 0.1) is 13.8 Å². The molecule has 0 aliphatic rings. The zero-order chi connectivity index (χ0) is 18.1. The highest BCUT2D eigenvalue weighted by molar-refractivity contribution is 7.13. The largest absolute Gasteiger partial charge is 0.480 e. The lowest BCUT2D eigenvalue weighted by Gasteiger charge is -2.14. The summed E-state index contributed by atoms with van der Waals surface area (Å²) in [6.07, 6.45) is 0. The maximum Gasteiger partial charge on any atom is 0.264 e. The van der Waals surface area contributed by atoms with E-state index in [4.69, 9.17) is 27.9 Å². The number of amides is 1. The molecule has 0 fully saturated rings. The minimum absolute atomic E-state index is 0.0663. The first-order valence-electron chi connectivity index (χ1n) is 7.30. The number of nitrogens with one attached hydrogen (secondary N) is 1. The van der Waals surface area contributed by atoms with Crippen LogP contribution in [0.5, 0.6) is 5.75 Å². The van der Waals surface area contributed by atoms with Gasteiger partial charge in [0, 0.05) is 10.8 Å². The van der Waals surface area contributed by atoms with Crippen LogP contribution in [0.4, 0.5) is 5.13 Å². The van der Waals surface area contributed by atoms with Crippen LogP contribution >= 0.6 is 34.5 Å². The van der Waals surface area contributed by atoms with Gasteiger partial charge in [0.25, 0.3) is 5.91 Å². The molecule has 0 radical (unpaired) electrons. The molecule has 130 valence electrons. The van der Waals surface area contributed by atoms with Crippen LogP contribution in [0.1, 0.15) is 37.9 Å². The zero-order valence-corrected chi connectivity index (χ0v) is 16.5. The first-order chi connectivity index (χ1) is 11.1. The maximum absolute atomic E-state index is 12.1. The molecule has 1 amide bonds. The molecule has 0 atom stereocenters. The van der Waals surface area contributed by atoms with E-state index in [-0.39, 0.29) is 23.7 Å². The SMILES string of the molecule is Cc1nc(C)c(Cl)c(OCC(=O)Nc2nc(C(C)(C)C)cs2)c1Cl. The quantitative estimate of drug-likeness (QED) is 0.819. The molecule has 0 aliphatic carbocycles. The van der Waals surface area contributed by atoms with E-state index in [9.17, 15) is 4.79 Å². The number of aryl methyl sites for hydroxylation is 2. The zero-order valence-electron chi connectivity index (χ0n) is 14.2. The molecular weight excluding hydrogens is 369 g/mol. The molecule has 2 heterocycles. The molecule has 5 nitrogen and oxygen atoms in total. The Morgan fingerprint density at radius 2 is 1.79 bits per heavy atom. The predicted octanol–water partition coefficient (Wildman–Crippen LogP) is 4.78. The number of halogens is 2. The van der Waals surface area contributed by atoms with Crippen LogP contribution in [-0.4, -0.2) is 22.5 Å². The number of carbonyl (C=O) groups is 1. The van der Waals surface area contributed by atoms with Gasteiger partial charge in [0.05, 0.1) is 17.1 Å². The van der Waals surface area contributed by atoms with Gasteiger partial charge in [0.2, 0.25) is 0 Å². The van der Waals surface area contributed by atoms with Gasteiger partial charge in [0.15, 0.2) is 17.5 Å². The first kappa shape index (κ1) is 19.0. The number of aromatic nitrogens is 2. The average Bonchev–Trinajstić information content (AvgIpc) is 2.94. The number of pyridine rings is 1. The van der Waals surface area contributed by atoms with Gasteiger partial charge in [-0.2, -0.15) is 0 Å².